The van der Waals surface area contributed by atoms with Crippen molar-refractivity contribution in [3.8, 4) is 5.75 Å². The molecular weight excluding hydrogens is 168 g/mol. The summed E-state index contributed by atoms with van der Waals surface area (Å²) in [4.78, 5) is 11.3. The zero-order valence-electron chi connectivity index (χ0n) is 7.37. The highest BCUT2D eigenvalue weighted by molar-refractivity contribution is 5.92. The van der Waals surface area contributed by atoms with Crippen molar-refractivity contribution in [2.24, 2.45) is 0 Å². The molecule has 1 aromatic carbocycles. The van der Waals surface area contributed by atoms with Gasteiger partial charge < -0.3 is 9.47 Å². The van der Waals surface area contributed by atoms with Crippen molar-refractivity contribution < 1.29 is 14.3 Å². The third-order valence-corrected chi connectivity index (χ3v) is 2.16. The second kappa shape index (κ2) is 3.09. The van der Waals surface area contributed by atoms with Gasteiger partial charge in [0.25, 0.3) is 0 Å². The van der Waals surface area contributed by atoms with Crippen molar-refractivity contribution >= 4 is 5.97 Å². The number of fused-ring (bicyclic) bond motifs is 1. The van der Waals surface area contributed by atoms with Crippen LogP contribution in [0.1, 0.15) is 15.9 Å². The molecule has 13 heavy (non-hydrogen) atoms. The molecule has 1 aromatic rings. The Morgan fingerprint density at radius 1 is 1.46 bits per heavy atom. The first-order chi connectivity index (χ1) is 6.33. The molecule has 0 atom stereocenters. The number of hydrogen-bond donors (Lipinski definition) is 0. The third kappa shape index (κ3) is 1.26. The van der Waals surface area contributed by atoms with Crippen molar-refractivity contribution in [2.45, 2.75) is 6.42 Å². The van der Waals surface area contributed by atoms with E-state index in [1.165, 1.54) is 0 Å². The van der Waals surface area contributed by atoms with Crippen LogP contribution >= 0.6 is 0 Å². The van der Waals surface area contributed by atoms with Crippen molar-refractivity contribution in [3.05, 3.63) is 29.3 Å². The van der Waals surface area contributed by atoms with Crippen LogP contribution in [0.4, 0.5) is 0 Å². The smallest absolute Gasteiger partial charge is 0.338 e. The van der Waals surface area contributed by atoms with Crippen LogP contribution in [-0.4, -0.2) is 19.7 Å². The van der Waals surface area contributed by atoms with E-state index in [-0.39, 0.29) is 5.97 Å². The minimum atomic E-state index is -0.250. The van der Waals surface area contributed by atoms with E-state index in [4.69, 9.17) is 9.47 Å². The van der Waals surface area contributed by atoms with Gasteiger partial charge in [-0.25, -0.2) is 4.79 Å². The van der Waals surface area contributed by atoms with E-state index in [0.717, 1.165) is 17.7 Å². The Bertz CT molecular complexity index is 344. The molecule has 0 saturated heterocycles. The van der Waals surface area contributed by atoms with Gasteiger partial charge in [0.1, 0.15) is 5.75 Å². The van der Waals surface area contributed by atoms with Crippen molar-refractivity contribution in [1.29, 1.82) is 0 Å². The topological polar surface area (TPSA) is 35.5 Å². The van der Waals surface area contributed by atoms with Gasteiger partial charge in [0.2, 0.25) is 0 Å². The first-order valence-electron chi connectivity index (χ1n) is 4.16. The molecule has 0 amide bonds. The Hall–Kier alpha value is -1.51. The summed E-state index contributed by atoms with van der Waals surface area (Å²) < 4.78 is 10.1. The molecule has 0 fully saturated rings. The van der Waals surface area contributed by atoms with Crippen molar-refractivity contribution in [3.63, 3.8) is 0 Å². The number of hydrogen-bond acceptors (Lipinski definition) is 3. The molecule has 1 heterocycles. The van der Waals surface area contributed by atoms with Gasteiger partial charge in [-0.15, -0.1) is 0 Å². The lowest BCUT2D eigenvalue weighted by molar-refractivity contribution is 0.0478. The molecule has 0 aromatic heterocycles. The zero-order chi connectivity index (χ0) is 9.26. The Morgan fingerprint density at radius 3 is 3.08 bits per heavy atom. The summed E-state index contributed by atoms with van der Waals surface area (Å²) in [6.45, 7) is 0.451. The number of rotatable bonds is 1. The lowest BCUT2D eigenvalue weighted by Crippen LogP contribution is -2.18. The van der Waals surface area contributed by atoms with E-state index in [9.17, 15) is 4.79 Å². The molecule has 3 heteroatoms. The van der Waals surface area contributed by atoms with Gasteiger partial charge in [0.05, 0.1) is 19.3 Å². The molecule has 0 unspecified atom stereocenters. The largest absolute Gasteiger partial charge is 0.496 e. The number of methoxy groups -OCH3 is 1. The number of benzene rings is 1. The number of ether oxygens (including phenoxy) is 2. The zero-order valence-corrected chi connectivity index (χ0v) is 7.37. The summed E-state index contributed by atoms with van der Waals surface area (Å²) in [5.74, 6) is 0.523. The van der Waals surface area contributed by atoms with E-state index in [1.807, 2.05) is 6.07 Å². The second-order valence-electron chi connectivity index (χ2n) is 2.87. The highest BCUT2D eigenvalue weighted by atomic mass is 16.5. The van der Waals surface area contributed by atoms with Crippen LogP contribution < -0.4 is 4.74 Å². The summed E-state index contributed by atoms with van der Waals surface area (Å²) in [5.41, 5.74) is 1.59. The summed E-state index contributed by atoms with van der Waals surface area (Å²) >= 11 is 0. The summed E-state index contributed by atoms with van der Waals surface area (Å²) in [7, 11) is 1.61. The molecule has 3 nitrogen and oxygen atoms in total. The average Bonchev–Trinajstić information content (AvgIpc) is 2.18. The lowest BCUT2D eigenvalue weighted by Gasteiger charge is -2.17. The predicted octanol–water partition coefficient (Wildman–Crippen LogP) is 1.41. The third-order valence-electron chi connectivity index (χ3n) is 2.16. The molecule has 2 rings (SSSR count). The molecule has 0 saturated carbocycles. The Morgan fingerprint density at radius 2 is 2.31 bits per heavy atom. The van der Waals surface area contributed by atoms with Gasteiger partial charge in [-0.1, -0.05) is 6.07 Å². The van der Waals surface area contributed by atoms with Crippen LogP contribution in [-0.2, 0) is 11.2 Å². The number of carbonyl (C=O) groups excluding carboxylic acids is 1. The molecule has 0 radical (unpaired) electrons. The van der Waals surface area contributed by atoms with Crippen LogP contribution in [0, 0.1) is 0 Å². The fourth-order valence-corrected chi connectivity index (χ4v) is 1.53. The van der Waals surface area contributed by atoms with Gasteiger partial charge >= 0.3 is 5.97 Å². The maximum absolute atomic E-state index is 11.3. The summed E-state index contributed by atoms with van der Waals surface area (Å²) in [6, 6.07) is 5.42. The number of cyclic esters (lactones) is 1. The molecule has 0 aliphatic carbocycles. The van der Waals surface area contributed by atoms with E-state index in [0.29, 0.717) is 12.2 Å². The molecule has 68 valence electrons. The maximum Gasteiger partial charge on any atom is 0.338 e. The number of carbonyl (C=O) groups is 1. The van der Waals surface area contributed by atoms with E-state index < -0.39 is 0 Å². The second-order valence-corrected chi connectivity index (χ2v) is 2.87. The van der Waals surface area contributed by atoms with Crippen LogP contribution in [0.5, 0.6) is 5.75 Å². The van der Waals surface area contributed by atoms with E-state index in [2.05, 4.69) is 0 Å². The lowest BCUT2D eigenvalue weighted by atomic mass is 10.0. The molecule has 0 N–H and O–H groups in total. The van der Waals surface area contributed by atoms with Gasteiger partial charge in [0.15, 0.2) is 0 Å². The molecule has 0 spiro atoms. The number of esters is 1. The van der Waals surface area contributed by atoms with Crippen LogP contribution in [0.15, 0.2) is 18.2 Å². The molecule has 0 bridgehead atoms. The van der Waals surface area contributed by atoms with Crippen LogP contribution in [0.2, 0.25) is 0 Å². The summed E-state index contributed by atoms with van der Waals surface area (Å²) in [6.07, 6.45) is 0.741. The SMILES string of the molecule is COc1cccc2c1CCOC2=O. The molecule has 1 aliphatic rings. The molecular formula is C10H10O3. The maximum atomic E-state index is 11.3. The van der Waals surface area contributed by atoms with Crippen LogP contribution in [0.25, 0.3) is 0 Å². The molecule has 1 aliphatic heterocycles. The minimum absolute atomic E-state index is 0.250. The minimum Gasteiger partial charge on any atom is -0.496 e. The first-order valence-corrected chi connectivity index (χ1v) is 4.16. The van der Waals surface area contributed by atoms with E-state index in [1.54, 1.807) is 19.2 Å². The van der Waals surface area contributed by atoms with Gasteiger partial charge in [-0.3, -0.25) is 0 Å². The Kier molecular flexibility index (Phi) is 1.93. The first kappa shape index (κ1) is 8.10. The predicted molar refractivity (Wildman–Crippen MR) is 47.0 cm³/mol. The fraction of sp³-hybridized carbons (Fsp3) is 0.300. The van der Waals surface area contributed by atoms with Crippen LogP contribution in [0.3, 0.4) is 0 Å². The standard InChI is InChI=1S/C10H10O3/c1-12-9-4-2-3-8-7(9)5-6-13-10(8)11/h2-4H,5-6H2,1H3. The quantitative estimate of drug-likeness (QED) is 0.610. The highest BCUT2D eigenvalue weighted by Gasteiger charge is 2.20. The van der Waals surface area contributed by atoms with Gasteiger partial charge in [-0.05, 0) is 12.1 Å². The Labute approximate surface area is 76.3 Å². The van der Waals surface area contributed by atoms with Crippen molar-refractivity contribution in [1.82, 2.24) is 0 Å². The van der Waals surface area contributed by atoms with Crippen molar-refractivity contribution in [2.75, 3.05) is 13.7 Å². The van der Waals surface area contributed by atoms with Gasteiger partial charge in [0, 0.05) is 12.0 Å². The summed E-state index contributed by atoms with van der Waals surface area (Å²) in [5, 5.41) is 0. The normalized spacial score (nSPS) is 14.7. The van der Waals surface area contributed by atoms with E-state index >= 15 is 0 Å². The average molecular weight is 178 g/mol. The fourth-order valence-electron chi connectivity index (χ4n) is 1.53. The Balaban J connectivity index is 2.54. The monoisotopic (exact) mass is 178 g/mol. The van der Waals surface area contributed by atoms with Gasteiger partial charge in [-0.2, -0.15) is 0 Å². The highest BCUT2D eigenvalue weighted by Crippen LogP contribution is 2.26.